The summed E-state index contributed by atoms with van der Waals surface area (Å²) in [7, 11) is 1.25. The van der Waals surface area contributed by atoms with Gasteiger partial charge in [-0.1, -0.05) is 0 Å². The number of aliphatic hydroxyl groups is 1. The molecule has 88 valence electrons. The predicted octanol–water partition coefficient (Wildman–Crippen LogP) is 0.938. The van der Waals surface area contributed by atoms with Crippen molar-refractivity contribution in [3.63, 3.8) is 0 Å². The topological polar surface area (TPSA) is 85.5 Å². The molecule has 6 heteroatoms. The first kappa shape index (κ1) is 11.3. The lowest BCUT2D eigenvalue weighted by atomic mass is 10.2. The summed E-state index contributed by atoms with van der Waals surface area (Å²) >= 11 is 0. The van der Waals surface area contributed by atoms with Crippen molar-refractivity contribution >= 4 is 5.97 Å². The average Bonchev–Trinajstić information content (AvgIpc) is 2.87. The van der Waals surface area contributed by atoms with E-state index in [0.717, 1.165) is 0 Å². The molecule has 0 amide bonds. The summed E-state index contributed by atoms with van der Waals surface area (Å²) in [4.78, 5) is 18.9. The van der Waals surface area contributed by atoms with Crippen molar-refractivity contribution in [1.29, 1.82) is 0 Å². The molecule has 0 bridgehead atoms. The zero-order valence-corrected chi connectivity index (χ0v) is 9.03. The van der Waals surface area contributed by atoms with Gasteiger partial charge in [0, 0.05) is 12.4 Å². The molecule has 0 radical (unpaired) electrons. The van der Waals surface area contributed by atoms with Crippen molar-refractivity contribution < 1.29 is 19.1 Å². The first-order valence-corrected chi connectivity index (χ1v) is 4.84. The van der Waals surface area contributed by atoms with Crippen LogP contribution in [0, 0.1) is 0 Å². The maximum atomic E-state index is 11.2. The van der Waals surface area contributed by atoms with Gasteiger partial charge in [-0.3, -0.25) is 9.97 Å². The summed E-state index contributed by atoms with van der Waals surface area (Å²) in [6.45, 7) is 0. The maximum Gasteiger partial charge on any atom is 0.373 e. The molecule has 2 rings (SSSR count). The van der Waals surface area contributed by atoms with Crippen molar-refractivity contribution in [3.05, 3.63) is 47.9 Å². The highest BCUT2D eigenvalue weighted by atomic mass is 16.5. The molecule has 6 nitrogen and oxygen atoms in total. The van der Waals surface area contributed by atoms with Crippen LogP contribution in [0.25, 0.3) is 0 Å². The van der Waals surface area contributed by atoms with Crippen LogP contribution in [0.5, 0.6) is 0 Å². The quantitative estimate of drug-likeness (QED) is 0.795. The number of rotatable bonds is 3. The Labute approximate surface area is 96.9 Å². The molecule has 2 aromatic heterocycles. The first-order valence-electron chi connectivity index (χ1n) is 4.84. The van der Waals surface area contributed by atoms with Crippen LogP contribution in [-0.2, 0) is 4.74 Å². The second-order valence-electron chi connectivity index (χ2n) is 3.23. The minimum absolute atomic E-state index is 0.0328. The van der Waals surface area contributed by atoms with Crippen molar-refractivity contribution in [1.82, 2.24) is 9.97 Å². The number of carbonyl (C=O) groups excluding carboxylic acids is 1. The van der Waals surface area contributed by atoms with Gasteiger partial charge in [0.15, 0.2) is 6.10 Å². The standard InChI is InChI=1S/C11H10N2O4/c1-16-11(15)9-3-2-8(17-9)10(14)7-6-12-4-5-13-7/h2-6,10,14H,1H3. The fourth-order valence-electron chi connectivity index (χ4n) is 1.31. The minimum Gasteiger partial charge on any atom is -0.463 e. The molecule has 0 spiro atoms. The van der Waals surface area contributed by atoms with Crippen LogP contribution in [0.2, 0.25) is 0 Å². The third-order valence-electron chi connectivity index (χ3n) is 2.15. The van der Waals surface area contributed by atoms with E-state index in [1.165, 1.54) is 37.8 Å². The van der Waals surface area contributed by atoms with Crippen LogP contribution in [0.15, 0.2) is 35.1 Å². The summed E-state index contributed by atoms with van der Waals surface area (Å²) in [5.41, 5.74) is 0.346. The molecule has 2 aromatic rings. The summed E-state index contributed by atoms with van der Waals surface area (Å²) < 4.78 is 9.65. The van der Waals surface area contributed by atoms with Crippen molar-refractivity contribution in [2.24, 2.45) is 0 Å². The van der Waals surface area contributed by atoms with Gasteiger partial charge in [0.05, 0.1) is 19.0 Å². The summed E-state index contributed by atoms with van der Waals surface area (Å²) in [6, 6.07) is 2.92. The highest BCUT2D eigenvalue weighted by Gasteiger charge is 2.19. The second kappa shape index (κ2) is 4.75. The van der Waals surface area contributed by atoms with E-state index in [1.807, 2.05) is 0 Å². The van der Waals surface area contributed by atoms with Crippen LogP contribution < -0.4 is 0 Å². The van der Waals surface area contributed by atoms with Crippen LogP contribution in [0.1, 0.15) is 28.1 Å². The summed E-state index contributed by atoms with van der Waals surface area (Å²) in [6.07, 6.45) is 3.33. The number of aliphatic hydroxyl groups excluding tert-OH is 1. The fourth-order valence-corrected chi connectivity index (χ4v) is 1.31. The van der Waals surface area contributed by atoms with E-state index in [2.05, 4.69) is 14.7 Å². The van der Waals surface area contributed by atoms with Gasteiger partial charge in [-0.15, -0.1) is 0 Å². The van der Waals surface area contributed by atoms with E-state index in [1.54, 1.807) is 0 Å². The number of hydrogen-bond acceptors (Lipinski definition) is 6. The predicted molar refractivity (Wildman–Crippen MR) is 56.1 cm³/mol. The van der Waals surface area contributed by atoms with E-state index in [-0.39, 0.29) is 11.5 Å². The molecule has 0 aliphatic rings. The van der Waals surface area contributed by atoms with Crippen LogP contribution >= 0.6 is 0 Å². The lowest BCUT2D eigenvalue weighted by Crippen LogP contribution is -2.02. The van der Waals surface area contributed by atoms with Gasteiger partial charge < -0.3 is 14.3 Å². The molecule has 1 N–H and O–H groups in total. The molecule has 0 saturated heterocycles. The number of ether oxygens (including phenoxy) is 1. The maximum absolute atomic E-state index is 11.2. The lowest BCUT2D eigenvalue weighted by Gasteiger charge is -2.05. The van der Waals surface area contributed by atoms with Crippen molar-refractivity contribution in [3.8, 4) is 0 Å². The van der Waals surface area contributed by atoms with E-state index in [0.29, 0.717) is 5.69 Å². The van der Waals surface area contributed by atoms with Crippen LogP contribution in [-0.4, -0.2) is 28.2 Å². The first-order chi connectivity index (χ1) is 8.22. The molecule has 0 aliphatic heterocycles. The molecule has 0 aliphatic carbocycles. The Kier molecular flexibility index (Phi) is 3.15. The van der Waals surface area contributed by atoms with Crippen molar-refractivity contribution in [2.75, 3.05) is 7.11 Å². The Morgan fingerprint density at radius 2 is 2.29 bits per heavy atom. The second-order valence-corrected chi connectivity index (χ2v) is 3.23. The van der Waals surface area contributed by atoms with Crippen LogP contribution in [0.3, 0.4) is 0 Å². The lowest BCUT2D eigenvalue weighted by molar-refractivity contribution is 0.0557. The largest absolute Gasteiger partial charge is 0.463 e. The van der Waals surface area contributed by atoms with E-state index in [4.69, 9.17) is 4.42 Å². The third kappa shape index (κ3) is 2.31. The van der Waals surface area contributed by atoms with E-state index >= 15 is 0 Å². The number of esters is 1. The van der Waals surface area contributed by atoms with Gasteiger partial charge in [0.25, 0.3) is 0 Å². The number of carbonyl (C=O) groups is 1. The Balaban J connectivity index is 2.23. The number of furan rings is 1. The summed E-state index contributed by atoms with van der Waals surface area (Å²) in [5.74, 6) is -0.348. The highest BCUT2D eigenvalue weighted by Crippen LogP contribution is 2.21. The van der Waals surface area contributed by atoms with Gasteiger partial charge in [-0.05, 0) is 12.1 Å². The Morgan fingerprint density at radius 3 is 2.94 bits per heavy atom. The number of hydrogen-bond donors (Lipinski definition) is 1. The molecular formula is C11H10N2O4. The molecule has 17 heavy (non-hydrogen) atoms. The zero-order chi connectivity index (χ0) is 12.3. The Bertz CT molecular complexity index is 509. The molecule has 0 aromatic carbocycles. The minimum atomic E-state index is -1.05. The summed E-state index contributed by atoms with van der Waals surface area (Å²) in [5, 5.41) is 9.91. The Morgan fingerprint density at radius 1 is 1.47 bits per heavy atom. The van der Waals surface area contributed by atoms with Crippen LogP contribution in [0.4, 0.5) is 0 Å². The number of methoxy groups -OCH3 is 1. The molecular weight excluding hydrogens is 224 g/mol. The molecule has 0 fully saturated rings. The highest BCUT2D eigenvalue weighted by molar-refractivity contribution is 5.86. The Hall–Kier alpha value is -2.21. The molecule has 2 heterocycles. The van der Waals surface area contributed by atoms with Gasteiger partial charge >= 0.3 is 5.97 Å². The third-order valence-corrected chi connectivity index (χ3v) is 2.15. The molecule has 1 unspecified atom stereocenters. The van der Waals surface area contributed by atoms with Gasteiger partial charge in [0.1, 0.15) is 5.76 Å². The average molecular weight is 234 g/mol. The monoisotopic (exact) mass is 234 g/mol. The normalized spacial score (nSPS) is 12.1. The zero-order valence-electron chi connectivity index (χ0n) is 9.03. The molecule has 1 atom stereocenters. The van der Waals surface area contributed by atoms with Gasteiger partial charge in [-0.25, -0.2) is 4.79 Å². The smallest absolute Gasteiger partial charge is 0.373 e. The van der Waals surface area contributed by atoms with Crippen molar-refractivity contribution in [2.45, 2.75) is 6.10 Å². The van der Waals surface area contributed by atoms with E-state index < -0.39 is 12.1 Å². The van der Waals surface area contributed by atoms with Gasteiger partial charge in [-0.2, -0.15) is 0 Å². The molecule has 0 saturated carbocycles. The fraction of sp³-hybridized carbons (Fsp3) is 0.182. The van der Waals surface area contributed by atoms with E-state index in [9.17, 15) is 9.90 Å². The SMILES string of the molecule is COC(=O)c1ccc(C(O)c2cnccn2)o1. The van der Waals surface area contributed by atoms with Gasteiger partial charge in [0.2, 0.25) is 5.76 Å². The number of aromatic nitrogens is 2. The number of nitrogens with zero attached hydrogens (tertiary/aromatic N) is 2.